The van der Waals surface area contributed by atoms with Crippen molar-refractivity contribution in [1.82, 2.24) is 0 Å². The van der Waals surface area contributed by atoms with E-state index in [2.05, 4.69) is 0 Å². The van der Waals surface area contributed by atoms with Crippen LogP contribution in [-0.2, 0) is 16.1 Å². The lowest BCUT2D eigenvalue weighted by Gasteiger charge is -2.21. The summed E-state index contributed by atoms with van der Waals surface area (Å²) in [4.78, 5) is 24.6. The number of anilines is 1. The van der Waals surface area contributed by atoms with E-state index in [1.54, 1.807) is 12.1 Å². The zero-order valence-corrected chi connectivity index (χ0v) is 12.5. The van der Waals surface area contributed by atoms with Crippen LogP contribution in [0.1, 0.15) is 5.76 Å². The standard InChI is InChI=1S/C15H15FN2O3S/c16-11-3-5-12(6-4-11)18(8-13-2-1-7-21-13)15(20)10-22-9-14(17)19/h1-7H,8-10H2,(H2,17,19). The fourth-order valence-electron chi connectivity index (χ4n) is 1.82. The van der Waals surface area contributed by atoms with Gasteiger partial charge in [0.2, 0.25) is 11.8 Å². The minimum Gasteiger partial charge on any atom is -0.467 e. The Morgan fingerprint density at radius 1 is 1.18 bits per heavy atom. The van der Waals surface area contributed by atoms with Crippen molar-refractivity contribution in [2.75, 3.05) is 16.4 Å². The Morgan fingerprint density at radius 2 is 1.91 bits per heavy atom. The number of hydrogen-bond acceptors (Lipinski definition) is 4. The third-order valence-electron chi connectivity index (χ3n) is 2.80. The fourth-order valence-corrected chi connectivity index (χ4v) is 2.45. The average Bonchev–Trinajstić information content (AvgIpc) is 2.98. The number of furan rings is 1. The summed E-state index contributed by atoms with van der Waals surface area (Å²) in [5.41, 5.74) is 5.61. The molecular formula is C15H15FN2O3S. The SMILES string of the molecule is NC(=O)CSCC(=O)N(Cc1ccco1)c1ccc(F)cc1. The molecule has 0 spiro atoms. The number of carbonyl (C=O) groups excluding carboxylic acids is 2. The van der Waals surface area contributed by atoms with E-state index in [0.717, 1.165) is 11.8 Å². The first-order valence-corrected chi connectivity index (χ1v) is 7.66. The Bertz CT molecular complexity index is 629. The van der Waals surface area contributed by atoms with Gasteiger partial charge in [-0.2, -0.15) is 0 Å². The number of rotatable bonds is 7. The number of hydrogen-bond donors (Lipinski definition) is 1. The number of halogens is 1. The highest BCUT2D eigenvalue weighted by Gasteiger charge is 2.18. The molecule has 0 atom stereocenters. The van der Waals surface area contributed by atoms with E-state index in [1.807, 2.05) is 0 Å². The fraction of sp³-hybridized carbons (Fsp3) is 0.200. The summed E-state index contributed by atoms with van der Waals surface area (Å²) in [7, 11) is 0. The van der Waals surface area contributed by atoms with Crippen LogP contribution < -0.4 is 10.6 Å². The van der Waals surface area contributed by atoms with Crippen molar-refractivity contribution in [2.24, 2.45) is 5.73 Å². The Balaban J connectivity index is 2.11. The third kappa shape index (κ3) is 4.63. The van der Waals surface area contributed by atoms with Gasteiger partial charge in [-0.3, -0.25) is 9.59 Å². The average molecular weight is 322 g/mol. The van der Waals surface area contributed by atoms with Gasteiger partial charge in [0.15, 0.2) is 0 Å². The minimum atomic E-state index is -0.475. The maximum atomic E-state index is 13.0. The number of nitrogens with zero attached hydrogens (tertiary/aromatic N) is 1. The molecule has 116 valence electrons. The van der Waals surface area contributed by atoms with E-state index in [0.29, 0.717) is 11.4 Å². The molecule has 22 heavy (non-hydrogen) atoms. The van der Waals surface area contributed by atoms with Crippen molar-refractivity contribution in [2.45, 2.75) is 6.54 Å². The summed E-state index contributed by atoms with van der Waals surface area (Å²) in [5.74, 6) is -0.286. The molecule has 2 amide bonds. The highest BCUT2D eigenvalue weighted by Crippen LogP contribution is 2.19. The van der Waals surface area contributed by atoms with Crippen molar-refractivity contribution < 1.29 is 18.4 Å². The molecule has 5 nitrogen and oxygen atoms in total. The normalized spacial score (nSPS) is 10.4. The lowest BCUT2D eigenvalue weighted by Crippen LogP contribution is -2.32. The molecule has 1 aromatic carbocycles. The van der Waals surface area contributed by atoms with Crippen molar-refractivity contribution >= 4 is 29.3 Å². The van der Waals surface area contributed by atoms with Gasteiger partial charge in [-0.05, 0) is 36.4 Å². The number of nitrogens with two attached hydrogens (primary N) is 1. The molecule has 1 heterocycles. The lowest BCUT2D eigenvalue weighted by molar-refractivity contribution is -0.116. The first-order chi connectivity index (χ1) is 10.6. The monoisotopic (exact) mass is 322 g/mol. The quantitative estimate of drug-likeness (QED) is 0.847. The number of benzene rings is 1. The Morgan fingerprint density at radius 3 is 2.50 bits per heavy atom. The van der Waals surface area contributed by atoms with Crippen molar-refractivity contribution in [3.63, 3.8) is 0 Å². The smallest absolute Gasteiger partial charge is 0.237 e. The van der Waals surface area contributed by atoms with Crippen LogP contribution in [0.2, 0.25) is 0 Å². The summed E-state index contributed by atoms with van der Waals surface area (Å²) in [5, 5.41) is 0. The van der Waals surface area contributed by atoms with Gasteiger partial charge in [0, 0.05) is 5.69 Å². The maximum Gasteiger partial charge on any atom is 0.237 e. The zero-order valence-electron chi connectivity index (χ0n) is 11.7. The van der Waals surface area contributed by atoms with Gasteiger partial charge in [-0.25, -0.2) is 4.39 Å². The van der Waals surface area contributed by atoms with E-state index < -0.39 is 5.91 Å². The van der Waals surface area contributed by atoms with Crippen LogP contribution in [0.15, 0.2) is 47.1 Å². The van der Waals surface area contributed by atoms with Gasteiger partial charge in [0.1, 0.15) is 11.6 Å². The predicted molar refractivity (Wildman–Crippen MR) is 82.8 cm³/mol. The predicted octanol–water partition coefficient (Wildman–Crippen LogP) is 2.17. The highest BCUT2D eigenvalue weighted by molar-refractivity contribution is 8.00. The Kier molecular flexibility index (Phi) is 5.60. The van der Waals surface area contributed by atoms with Gasteiger partial charge in [0.25, 0.3) is 0 Å². The van der Waals surface area contributed by atoms with Crippen LogP contribution >= 0.6 is 11.8 Å². The second-order valence-electron chi connectivity index (χ2n) is 4.49. The largest absolute Gasteiger partial charge is 0.467 e. The molecule has 2 aromatic rings. The Labute approximate surface area is 131 Å². The second-order valence-corrected chi connectivity index (χ2v) is 5.48. The van der Waals surface area contributed by atoms with E-state index in [4.69, 9.17) is 10.2 Å². The minimum absolute atomic E-state index is 0.0732. The topological polar surface area (TPSA) is 76.5 Å². The van der Waals surface area contributed by atoms with Gasteiger partial charge in [-0.15, -0.1) is 11.8 Å². The van der Waals surface area contributed by atoms with Crippen LogP contribution in [0, 0.1) is 5.82 Å². The second kappa shape index (κ2) is 7.65. The van der Waals surface area contributed by atoms with Crippen LogP contribution in [0.4, 0.5) is 10.1 Å². The zero-order chi connectivity index (χ0) is 15.9. The number of carbonyl (C=O) groups is 2. The van der Waals surface area contributed by atoms with Gasteiger partial charge >= 0.3 is 0 Å². The van der Waals surface area contributed by atoms with E-state index >= 15 is 0 Å². The number of amides is 2. The van der Waals surface area contributed by atoms with E-state index in [1.165, 1.54) is 35.4 Å². The first-order valence-electron chi connectivity index (χ1n) is 6.50. The van der Waals surface area contributed by atoms with Crippen molar-refractivity contribution in [1.29, 1.82) is 0 Å². The first kappa shape index (κ1) is 16.1. The molecule has 0 radical (unpaired) electrons. The highest BCUT2D eigenvalue weighted by atomic mass is 32.2. The molecule has 0 fully saturated rings. The lowest BCUT2D eigenvalue weighted by atomic mass is 10.2. The molecule has 0 saturated carbocycles. The number of thioether (sulfide) groups is 1. The maximum absolute atomic E-state index is 13.0. The summed E-state index contributed by atoms with van der Waals surface area (Å²) < 4.78 is 18.3. The summed E-state index contributed by atoms with van der Waals surface area (Å²) in [6, 6.07) is 9.09. The number of primary amides is 1. The van der Waals surface area contributed by atoms with Crippen LogP contribution in [0.25, 0.3) is 0 Å². The molecule has 2 rings (SSSR count). The molecule has 7 heteroatoms. The van der Waals surface area contributed by atoms with Gasteiger partial charge in [-0.1, -0.05) is 0 Å². The molecule has 0 aliphatic heterocycles. The Hall–Kier alpha value is -2.28. The van der Waals surface area contributed by atoms with Gasteiger partial charge in [0.05, 0.1) is 24.3 Å². The molecule has 0 unspecified atom stereocenters. The molecule has 0 aliphatic carbocycles. The molecule has 0 bridgehead atoms. The summed E-state index contributed by atoms with van der Waals surface area (Å²) >= 11 is 1.14. The van der Waals surface area contributed by atoms with Crippen molar-refractivity contribution in [3.05, 3.63) is 54.2 Å². The molecule has 2 N–H and O–H groups in total. The van der Waals surface area contributed by atoms with Crippen LogP contribution in [0.5, 0.6) is 0 Å². The summed E-state index contributed by atoms with van der Waals surface area (Å²) in [6.45, 7) is 0.231. The molecule has 1 aromatic heterocycles. The third-order valence-corrected chi connectivity index (χ3v) is 3.74. The molecule has 0 aliphatic rings. The van der Waals surface area contributed by atoms with E-state index in [9.17, 15) is 14.0 Å². The summed E-state index contributed by atoms with van der Waals surface area (Å²) in [6.07, 6.45) is 1.52. The van der Waals surface area contributed by atoms with Gasteiger partial charge < -0.3 is 15.1 Å². The van der Waals surface area contributed by atoms with Crippen molar-refractivity contribution in [3.8, 4) is 0 Å². The molecule has 0 saturated heterocycles. The van der Waals surface area contributed by atoms with Crippen LogP contribution in [-0.4, -0.2) is 23.3 Å². The van der Waals surface area contributed by atoms with E-state index in [-0.39, 0.29) is 29.8 Å². The van der Waals surface area contributed by atoms with Crippen LogP contribution in [0.3, 0.4) is 0 Å². The molecular weight excluding hydrogens is 307 g/mol.